The van der Waals surface area contributed by atoms with E-state index in [-0.39, 0.29) is 55.0 Å². The van der Waals surface area contributed by atoms with Crippen molar-refractivity contribution in [3.8, 4) is 5.75 Å². The van der Waals surface area contributed by atoms with Crippen molar-refractivity contribution >= 4 is 109 Å². The molecule has 1 atom stereocenters. The van der Waals surface area contributed by atoms with E-state index in [0.29, 0.717) is 5.69 Å². The number of anilines is 4. The fourth-order valence-corrected chi connectivity index (χ4v) is 7.67. The van der Waals surface area contributed by atoms with Crippen LogP contribution in [0, 0.1) is 0 Å². The topological polar surface area (TPSA) is 311 Å². The first kappa shape index (κ1) is 37.5. The maximum atomic E-state index is 12.5. The minimum atomic E-state index is -5.11. The molecule has 0 saturated heterocycles. The first-order valence-corrected chi connectivity index (χ1v) is 19.9. The summed E-state index contributed by atoms with van der Waals surface area (Å²) in [6, 6.07) is 15.3. The van der Waals surface area contributed by atoms with Crippen LogP contribution in [0.2, 0.25) is 5.28 Å². The zero-order valence-electron chi connectivity index (χ0n) is 25.8. The minimum absolute atomic E-state index is 0.0151. The van der Waals surface area contributed by atoms with Gasteiger partial charge in [-0.3, -0.25) is 17.9 Å². The molecule has 6 aromatic rings. The van der Waals surface area contributed by atoms with Crippen molar-refractivity contribution in [1.29, 1.82) is 0 Å². The summed E-state index contributed by atoms with van der Waals surface area (Å²) in [6.45, 7) is 0. The summed E-state index contributed by atoms with van der Waals surface area (Å²) in [4.78, 5) is 9.96. The summed E-state index contributed by atoms with van der Waals surface area (Å²) >= 11 is 3.63. The molecule has 0 aliphatic rings. The summed E-state index contributed by atoms with van der Waals surface area (Å²) in [5.41, 5.74) is -0.696. The van der Waals surface area contributed by atoms with Crippen LogP contribution in [0.1, 0.15) is 0 Å². The number of hydrogen-bond acceptors (Lipinski definition) is 16. The van der Waals surface area contributed by atoms with Crippen LogP contribution in [0.25, 0.3) is 21.5 Å². The number of aromatic nitrogens is 3. The smallest absolute Gasteiger partial charge is 0.297 e. The number of fused-ring (bicyclic) bond motifs is 2. The molecular weight excluding hydrogens is 802 g/mol. The highest BCUT2D eigenvalue weighted by Crippen LogP contribution is 2.43. The molecule has 24 heteroatoms. The Morgan fingerprint density at radius 2 is 1.36 bits per heavy atom. The van der Waals surface area contributed by atoms with Gasteiger partial charge in [0.1, 0.15) is 21.2 Å². The third-order valence-corrected chi connectivity index (χ3v) is 10.8. The van der Waals surface area contributed by atoms with E-state index in [1.165, 1.54) is 36.4 Å². The minimum Gasteiger partial charge on any atom is -0.768 e. The second kappa shape index (κ2) is 14.0. The Balaban J connectivity index is 1.45. The molecule has 53 heavy (non-hydrogen) atoms. The van der Waals surface area contributed by atoms with Gasteiger partial charge in [-0.15, -0.1) is 10.2 Å². The summed E-state index contributed by atoms with van der Waals surface area (Å²) in [7, 11) is -14.7. The van der Waals surface area contributed by atoms with Crippen molar-refractivity contribution in [2.24, 2.45) is 10.2 Å². The van der Waals surface area contributed by atoms with Crippen LogP contribution in [0.3, 0.4) is 0 Å². The van der Waals surface area contributed by atoms with E-state index in [0.717, 1.165) is 42.5 Å². The first-order valence-electron chi connectivity index (χ1n) is 14.1. The number of aromatic hydroxyl groups is 1. The second-order valence-corrected chi connectivity index (χ2v) is 16.1. The zero-order chi connectivity index (χ0) is 38.5. The highest BCUT2D eigenvalue weighted by Gasteiger charge is 2.24. The molecule has 1 heterocycles. The van der Waals surface area contributed by atoms with Crippen molar-refractivity contribution in [2.75, 3.05) is 10.6 Å². The molecule has 0 bridgehead atoms. The van der Waals surface area contributed by atoms with Gasteiger partial charge in [-0.05, 0) is 82.7 Å². The van der Waals surface area contributed by atoms with Crippen LogP contribution in [-0.2, 0) is 41.4 Å². The highest BCUT2D eigenvalue weighted by molar-refractivity contribution is 7.86. The zero-order valence-corrected chi connectivity index (χ0v) is 29.8. The van der Waals surface area contributed by atoms with Crippen LogP contribution in [0.15, 0.2) is 109 Å². The molecule has 1 unspecified atom stereocenters. The lowest BCUT2D eigenvalue weighted by molar-refractivity contribution is 0.480. The lowest BCUT2D eigenvalue weighted by Crippen LogP contribution is -2.05. The average molecular weight is 821 g/mol. The normalized spacial score (nSPS) is 13.1. The van der Waals surface area contributed by atoms with Gasteiger partial charge in [0.25, 0.3) is 30.4 Å². The molecule has 274 valence electrons. The third-order valence-electron chi connectivity index (χ3n) is 7.25. The molecule has 0 amide bonds. The fourth-order valence-electron chi connectivity index (χ4n) is 5.07. The molecule has 19 nitrogen and oxygen atoms in total. The lowest BCUT2D eigenvalue weighted by Gasteiger charge is -2.14. The molecule has 0 radical (unpaired) electrons. The van der Waals surface area contributed by atoms with Crippen molar-refractivity contribution in [3.05, 3.63) is 84.1 Å². The van der Waals surface area contributed by atoms with Gasteiger partial charge in [-0.1, -0.05) is 24.3 Å². The Kier molecular flexibility index (Phi) is 9.88. The SMILES string of the molecule is O=S([O-])c1ccc(Nc2nc(Cl)nc(Nc3cc(S(=O)(=O)O)cc4ccc(N=Nc5ccc6c(S(=O)(=O)O)cccc6c5S(=O)(=O)O)c(O)c34)n2)cc1. The Bertz CT molecular complexity index is 2880. The van der Waals surface area contributed by atoms with Crippen molar-refractivity contribution < 1.29 is 52.8 Å². The molecule has 1 aromatic heterocycles. The van der Waals surface area contributed by atoms with E-state index >= 15 is 0 Å². The first-order chi connectivity index (χ1) is 24.8. The van der Waals surface area contributed by atoms with Gasteiger partial charge in [0.2, 0.25) is 17.2 Å². The van der Waals surface area contributed by atoms with E-state index in [9.17, 15) is 52.8 Å². The lowest BCUT2D eigenvalue weighted by atomic mass is 10.1. The van der Waals surface area contributed by atoms with Crippen LogP contribution in [0.4, 0.5) is 34.6 Å². The number of azo groups is 1. The molecule has 0 aliphatic carbocycles. The number of rotatable bonds is 10. The molecule has 0 spiro atoms. The van der Waals surface area contributed by atoms with E-state index < -0.39 is 67.6 Å². The Labute approximate surface area is 306 Å². The van der Waals surface area contributed by atoms with E-state index in [1.807, 2.05) is 0 Å². The predicted molar refractivity (Wildman–Crippen MR) is 188 cm³/mol. The second-order valence-electron chi connectivity index (χ2n) is 10.7. The van der Waals surface area contributed by atoms with Crippen LogP contribution >= 0.6 is 11.6 Å². The summed E-state index contributed by atoms with van der Waals surface area (Å²) in [5.74, 6) is -1.11. The van der Waals surface area contributed by atoms with Gasteiger partial charge in [0.05, 0.1) is 10.6 Å². The fraction of sp³-hybridized carbons (Fsp3) is 0. The van der Waals surface area contributed by atoms with Crippen LogP contribution < -0.4 is 10.6 Å². The van der Waals surface area contributed by atoms with Gasteiger partial charge < -0.3 is 20.3 Å². The summed E-state index contributed by atoms with van der Waals surface area (Å²) < 4.78 is 125. The maximum absolute atomic E-state index is 12.5. The third kappa shape index (κ3) is 8.07. The summed E-state index contributed by atoms with van der Waals surface area (Å²) in [6.07, 6.45) is 0. The highest BCUT2D eigenvalue weighted by atomic mass is 35.5. The van der Waals surface area contributed by atoms with Gasteiger partial charge in [-0.2, -0.15) is 40.2 Å². The number of phenols is 1. The van der Waals surface area contributed by atoms with Crippen molar-refractivity contribution in [3.63, 3.8) is 0 Å². The number of nitrogens with zero attached hydrogens (tertiary/aromatic N) is 5. The largest absolute Gasteiger partial charge is 0.768 e. The quantitative estimate of drug-likeness (QED) is 0.0571. The number of nitrogens with one attached hydrogen (secondary N) is 2. The number of halogens is 1. The average Bonchev–Trinajstić information content (AvgIpc) is 3.06. The van der Waals surface area contributed by atoms with Gasteiger partial charge in [-0.25, -0.2) is 0 Å². The van der Waals surface area contributed by atoms with E-state index in [4.69, 9.17) is 11.6 Å². The summed E-state index contributed by atoms with van der Waals surface area (Å²) in [5, 5.41) is 23.6. The molecule has 6 N–H and O–H groups in total. The molecule has 5 aromatic carbocycles. The van der Waals surface area contributed by atoms with E-state index in [2.05, 4.69) is 35.8 Å². The molecule has 0 saturated carbocycles. The van der Waals surface area contributed by atoms with Gasteiger partial charge >= 0.3 is 0 Å². The molecule has 6 rings (SSSR count). The predicted octanol–water partition coefficient (Wildman–Crippen LogP) is 5.42. The van der Waals surface area contributed by atoms with Crippen molar-refractivity contribution in [2.45, 2.75) is 19.6 Å². The Hall–Kier alpha value is -5.24. The van der Waals surface area contributed by atoms with Crippen molar-refractivity contribution in [1.82, 2.24) is 15.0 Å². The van der Waals surface area contributed by atoms with Gasteiger partial charge in [0.15, 0.2) is 5.75 Å². The van der Waals surface area contributed by atoms with Crippen LogP contribution in [0.5, 0.6) is 5.75 Å². The Morgan fingerprint density at radius 3 is 1.98 bits per heavy atom. The molecule has 0 aliphatic heterocycles. The molecule has 0 fully saturated rings. The van der Waals surface area contributed by atoms with Gasteiger partial charge in [0, 0.05) is 26.7 Å². The maximum Gasteiger partial charge on any atom is 0.297 e. The van der Waals surface area contributed by atoms with Crippen LogP contribution in [-0.4, -0.2) is 67.7 Å². The van der Waals surface area contributed by atoms with E-state index in [1.54, 1.807) is 0 Å². The monoisotopic (exact) mass is 820 g/mol. The number of phenolic OH excluding ortho intramolecular Hbond substituents is 1. The number of hydrogen-bond donors (Lipinski definition) is 6. The molecular formula is C29H19ClN7O12S4-. The Morgan fingerprint density at radius 1 is 0.717 bits per heavy atom. The number of benzene rings is 5. The standard InChI is InChI=1S/C29H20ClN7O12S4/c30-27-33-28(31-15-5-7-16(8-6-15)50(39)40)35-29(34-27)32-22-13-17(51(41,42)43)12-14-4-10-20(25(38)24(14)22)36-37-21-11-9-18-19(26(21)53(47,48)49)2-1-3-23(18)52(44,45)46/h1-13,38H,(H,39,40)(H,41,42,43)(H,44,45,46)(H,47,48,49)(H2,31,32,33,34,35)/p-1.